The van der Waals surface area contributed by atoms with Gasteiger partial charge in [-0.15, -0.1) is 5.10 Å². The molecule has 1 aliphatic heterocycles. The third kappa shape index (κ3) is 0.527. The van der Waals surface area contributed by atoms with Crippen molar-refractivity contribution in [1.29, 1.82) is 0 Å². The fourth-order valence-electron chi connectivity index (χ4n) is 0.347. The van der Waals surface area contributed by atoms with E-state index in [9.17, 15) is 4.79 Å². The molecule has 0 aromatic rings. The Bertz CT molecular complexity index is 209. The predicted molar refractivity (Wildman–Crippen MR) is 29.3 cm³/mol. The molecule has 0 aromatic heterocycles. The highest BCUT2D eigenvalue weighted by atomic mass is 16.1. The highest BCUT2D eigenvalue weighted by Crippen LogP contribution is 1.92. The molecule has 0 saturated heterocycles. The molecule has 1 heterocycles. The molecule has 1 rings (SSSR count). The average molecular weight is 109 g/mol. The zero-order valence-electron chi connectivity index (χ0n) is 3.96. The molecule has 4 heteroatoms. The second-order valence-electron chi connectivity index (χ2n) is 1.25. The Labute approximate surface area is 45.4 Å². The maximum Gasteiger partial charge on any atom is 0.166 e. The quantitative estimate of drug-likeness (QED) is 0.409. The van der Waals surface area contributed by atoms with E-state index in [0.29, 0.717) is 0 Å². The van der Waals surface area contributed by atoms with Crippen LogP contribution >= 0.6 is 0 Å². The molecule has 0 spiro atoms. The summed E-state index contributed by atoms with van der Waals surface area (Å²) in [5.74, 6) is 1.71. The minimum Gasteiger partial charge on any atom is -0.381 e. The van der Waals surface area contributed by atoms with E-state index >= 15 is 0 Å². The first-order valence-electron chi connectivity index (χ1n) is 1.96. The second kappa shape index (κ2) is 1.60. The summed E-state index contributed by atoms with van der Waals surface area (Å²) in [5.41, 5.74) is 5.34. The van der Waals surface area contributed by atoms with Crippen LogP contribution in [-0.2, 0) is 4.79 Å². The molecule has 0 fully saturated rings. The van der Waals surface area contributed by atoms with E-state index < -0.39 is 0 Å². The largest absolute Gasteiger partial charge is 0.381 e. The molecule has 1 aliphatic rings. The summed E-state index contributed by atoms with van der Waals surface area (Å²) in [5, 5.41) is 6.71. The highest BCUT2D eigenvalue weighted by molar-refractivity contribution is 6.22. The van der Waals surface area contributed by atoms with E-state index in [4.69, 9.17) is 5.73 Å². The highest BCUT2D eigenvalue weighted by Gasteiger charge is 2.04. The van der Waals surface area contributed by atoms with Crippen molar-refractivity contribution in [3.8, 4) is 0 Å². The first-order valence-corrected chi connectivity index (χ1v) is 1.96. The summed E-state index contributed by atoms with van der Waals surface area (Å²) in [7, 11) is 0. The topological polar surface area (TPSA) is 67.8 Å². The molecule has 0 amide bonds. The third-order valence-electron chi connectivity index (χ3n) is 0.738. The Morgan fingerprint density at radius 3 is 2.75 bits per heavy atom. The maximum atomic E-state index is 9.80. The smallest absolute Gasteiger partial charge is 0.166 e. The Morgan fingerprint density at radius 2 is 2.50 bits per heavy atom. The van der Waals surface area contributed by atoms with Crippen molar-refractivity contribution in [2.24, 2.45) is 15.9 Å². The van der Waals surface area contributed by atoms with Gasteiger partial charge in [0.05, 0.1) is 6.21 Å². The van der Waals surface area contributed by atoms with Crippen LogP contribution in [0.3, 0.4) is 0 Å². The van der Waals surface area contributed by atoms with Crippen LogP contribution in [0.2, 0.25) is 0 Å². The summed E-state index contributed by atoms with van der Waals surface area (Å²) in [6.45, 7) is 0. The first kappa shape index (κ1) is 4.74. The minimum absolute atomic E-state index is 0.139. The lowest BCUT2D eigenvalue weighted by molar-refractivity contribution is 0.568. The SMILES string of the molecule is NC1=NN=CC1=C=O. The zero-order valence-corrected chi connectivity index (χ0v) is 3.96. The van der Waals surface area contributed by atoms with Crippen LogP contribution in [0.5, 0.6) is 0 Å². The summed E-state index contributed by atoms with van der Waals surface area (Å²) in [4.78, 5) is 9.80. The minimum atomic E-state index is 0.139. The van der Waals surface area contributed by atoms with Gasteiger partial charge < -0.3 is 5.73 Å². The van der Waals surface area contributed by atoms with Gasteiger partial charge in [0, 0.05) is 0 Å². The van der Waals surface area contributed by atoms with Gasteiger partial charge >= 0.3 is 0 Å². The van der Waals surface area contributed by atoms with Gasteiger partial charge in [0.2, 0.25) is 0 Å². The molecule has 0 atom stereocenters. The normalized spacial score (nSPS) is 16.0. The molecule has 2 N–H and O–H groups in total. The molecule has 0 radical (unpaired) electrons. The molecule has 8 heavy (non-hydrogen) atoms. The van der Waals surface area contributed by atoms with E-state index in [2.05, 4.69) is 10.2 Å². The van der Waals surface area contributed by atoms with Crippen LogP contribution < -0.4 is 5.73 Å². The molecular weight excluding hydrogens is 106 g/mol. The Balaban J connectivity index is 3.05. The second-order valence-corrected chi connectivity index (χ2v) is 1.25. The lowest BCUT2D eigenvalue weighted by atomic mass is 10.3. The number of hydrogen-bond donors (Lipinski definition) is 1. The lowest BCUT2D eigenvalue weighted by Crippen LogP contribution is -2.12. The Morgan fingerprint density at radius 1 is 1.75 bits per heavy atom. The molecular formula is C4H3N3O. The first-order chi connectivity index (χ1) is 3.84. The van der Waals surface area contributed by atoms with Crippen LogP contribution in [0.15, 0.2) is 15.8 Å². The number of rotatable bonds is 0. The molecule has 0 bridgehead atoms. The van der Waals surface area contributed by atoms with Crippen LogP contribution in [0.1, 0.15) is 0 Å². The van der Waals surface area contributed by atoms with Gasteiger partial charge in [0.25, 0.3) is 0 Å². The number of nitrogens with two attached hydrogens (primary N) is 1. The fraction of sp³-hybridized carbons (Fsp3) is 0. The number of hydrogen-bond acceptors (Lipinski definition) is 4. The van der Waals surface area contributed by atoms with Crippen molar-refractivity contribution >= 4 is 18.0 Å². The fourth-order valence-corrected chi connectivity index (χ4v) is 0.347. The van der Waals surface area contributed by atoms with Crippen molar-refractivity contribution in [3.63, 3.8) is 0 Å². The maximum absolute atomic E-state index is 9.80. The van der Waals surface area contributed by atoms with Gasteiger partial charge in [-0.05, 0) is 0 Å². The lowest BCUT2D eigenvalue weighted by Gasteiger charge is -1.79. The molecule has 40 valence electrons. The van der Waals surface area contributed by atoms with Gasteiger partial charge in [0.15, 0.2) is 5.84 Å². The van der Waals surface area contributed by atoms with Gasteiger partial charge in [-0.1, -0.05) is 0 Å². The predicted octanol–water partition coefficient (Wildman–Crippen LogP) is -0.899. The van der Waals surface area contributed by atoms with Crippen molar-refractivity contribution in [3.05, 3.63) is 5.57 Å². The Hall–Kier alpha value is -1.41. The zero-order chi connectivity index (χ0) is 5.98. The Kier molecular flexibility index (Phi) is 0.946. The molecule has 0 aromatic carbocycles. The van der Waals surface area contributed by atoms with Crippen LogP contribution in [0.4, 0.5) is 0 Å². The van der Waals surface area contributed by atoms with E-state index in [-0.39, 0.29) is 11.4 Å². The van der Waals surface area contributed by atoms with E-state index in [1.54, 1.807) is 5.94 Å². The van der Waals surface area contributed by atoms with Crippen LogP contribution in [0, 0.1) is 0 Å². The summed E-state index contributed by atoms with van der Waals surface area (Å²) in [6.07, 6.45) is 1.27. The number of carbonyl (C=O) groups excluding carboxylic acids is 1. The van der Waals surface area contributed by atoms with Gasteiger partial charge in [0.1, 0.15) is 11.5 Å². The number of amidine groups is 1. The van der Waals surface area contributed by atoms with Gasteiger partial charge in [-0.2, -0.15) is 5.10 Å². The monoisotopic (exact) mass is 109 g/mol. The van der Waals surface area contributed by atoms with Crippen molar-refractivity contribution < 1.29 is 4.79 Å². The molecule has 4 nitrogen and oxygen atoms in total. The molecule has 0 saturated carbocycles. The summed E-state index contributed by atoms with van der Waals surface area (Å²) < 4.78 is 0. The van der Waals surface area contributed by atoms with Crippen LogP contribution in [0.25, 0.3) is 0 Å². The van der Waals surface area contributed by atoms with Crippen molar-refractivity contribution in [2.45, 2.75) is 0 Å². The van der Waals surface area contributed by atoms with E-state index in [0.717, 1.165) is 0 Å². The van der Waals surface area contributed by atoms with Crippen molar-refractivity contribution in [1.82, 2.24) is 0 Å². The van der Waals surface area contributed by atoms with Gasteiger partial charge in [-0.25, -0.2) is 4.79 Å². The van der Waals surface area contributed by atoms with Crippen LogP contribution in [-0.4, -0.2) is 18.0 Å². The van der Waals surface area contributed by atoms with E-state index in [1.807, 2.05) is 0 Å². The molecule has 0 unspecified atom stereocenters. The molecule has 0 aliphatic carbocycles. The van der Waals surface area contributed by atoms with Gasteiger partial charge in [-0.3, -0.25) is 0 Å². The van der Waals surface area contributed by atoms with E-state index in [1.165, 1.54) is 6.21 Å². The number of nitrogens with zero attached hydrogens (tertiary/aromatic N) is 2. The summed E-state index contributed by atoms with van der Waals surface area (Å²) in [6, 6.07) is 0. The van der Waals surface area contributed by atoms with Crippen molar-refractivity contribution in [2.75, 3.05) is 0 Å². The summed E-state index contributed by atoms with van der Waals surface area (Å²) >= 11 is 0. The average Bonchev–Trinajstić information content (AvgIpc) is 2.14. The third-order valence-corrected chi connectivity index (χ3v) is 0.738. The standard InChI is InChI=1S/C4H3N3O/c5-4-3(2-8)1-6-7-4/h1H,(H2,5,7).